The van der Waals surface area contributed by atoms with Gasteiger partial charge in [-0.3, -0.25) is 0 Å². The minimum absolute atomic E-state index is 0.610. The van der Waals surface area contributed by atoms with Crippen LogP contribution in [-0.2, 0) is 11.3 Å². The zero-order chi connectivity index (χ0) is 11.2. The average Bonchev–Trinajstić information content (AvgIpc) is 2.23. The highest BCUT2D eigenvalue weighted by molar-refractivity contribution is 5.07. The SMILES string of the molecule is COCCNCc1ccnc(C2CCC2)n1. The number of hydrogen-bond donors (Lipinski definition) is 1. The monoisotopic (exact) mass is 221 g/mol. The van der Waals surface area contributed by atoms with E-state index in [0.29, 0.717) is 5.92 Å². The van der Waals surface area contributed by atoms with E-state index in [1.54, 1.807) is 7.11 Å². The highest BCUT2D eigenvalue weighted by atomic mass is 16.5. The van der Waals surface area contributed by atoms with Crippen LogP contribution in [0.1, 0.15) is 36.7 Å². The molecule has 1 N–H and O–H groups in total. The van der Waals surface area contributed by atoms with Crippen LogP contribution in [0.3, 0.4) is 0 Å². The van der Waals surface area contributed by atoms with Crippen molar-refractivity contribution >= 4 is 0 Å². The van der Waals surface area contributed by atoms with Crippen molar-refractivity contribution in [3.63, 3.8) is 0 Å². The van der Waals surface area contributed by atoms with Crippen LogP contribution >= 0.6 is 0 Å². The molecular weight excluding hydrogens is 202 g/mol. The van der Waals surface area contributed by atoms with Crippen molar-refractivity contribution in [3.8, 4) is 0 Å². The molecule has 1 aliphatic rings. The molecule has 0 atom stereocenters. The van der Waals surface area contributed by atoms with E-state index in [1.165, 1.54) is 19.3 Å². The molecule has 1 heterocycles. The van der Waals surface area contributed by atoms with E-state index in [1.807, 2.05) is 12.3 Å². The normalized spacial score (nSPS) is 16.1. The molecule has 0 amide bonds. The lowest BCUT2D eigenvalue weighted by Crippen LogP contribution is -2.20. The Morgan fingerprint density at radius 2 is 2.38 bits per heavy atom. The van der Waals surface area contributed by atoms with Gasteiger partial charge in [0.25, 0.3) is 0 Å². The Hall–Kier alpha value is -1.00. The van der Waals surface area contributed by atoms with Gasteiger partial charge in [-0.15, -0.1) is 0 Å². The molecule has 0 bridgehead atoms. The number of methoxy groups -OCH3 is 1. The van der Waals surface area contributed by atoms with E-state index < -0.39 is 0 Å². The summed E-state index contributed by atoms with van der Waals surface area (Å²) in [4.78, 5) is 8.92. The van der Waals surface area contributed by atoms with Crippen molar-refractivity contribution in [2.75, 3.05) is 20.3 Å². The first-order valence-corrected chi connectivity index (χ1v) is 5.91. The maximum Gasteiger partial charge on any atom is 0.131 e. The molecule has 4 heteroatoms. The van der Waals surface area contributed by atoms with Crippen molar-refractivity contribution in [3.05, 3.63) is 23.8 Å². The van der Waals surface area contributed by atoms with Crippen LogP contribution in [0, 0.1) is 0 Å². The molecule has 1 aromatic heterocycles. The Bertz CT molecular complexity index is 326. The molecule has 0 aromatic carbocycles. The van der Waals surface area contributed by atoms with Crippen molar-refractivity contribution in [1.82, 2.24) is 15.3 Å². The third-order valence-electron chi connectivity index (χ3n) is 2.99. The molecule has 0 saturated heterocycles. The molecular formula is C12H19N3O. The Morgan fingerprint density at radius 3 is 3.06 bits per heavy atom. The summed E-state index contributed by atoms with van der Waals surface area (Å²) < 4.78 is 4.97. The highest BCUT2D eigenvalue weighted by Crippen LogP contribution is 2.33. The summed E-state index contributed by atoms with van der Waals surface area (Å²) in [5.74, 6) is 1.64. The van der Waals surface area contributed by atoms with Crippen LogP contribution in [0.4, 0.5) is 0 Å². The van der Waals surface area contributed by atoms with E-state index >= 15 is 0 Å². The molecule has 1 aromatic rings. The summed E-state index contributed by atoms with van der Waals surface area (Å²) >= 11 is 0. The standard InChI is InChI=1S/C12H19N3O/c1-16-8-7-13-9-11-5-6-14-12(15-11)10-3-2-4-10/h5-6,10,13H,2-4,7-9H2,1H3. The van der Waals surface area contributed by atoms with E-state index in [4.69, 9.17) is 4.74 Å². The maximum absolute atomic E-state index is 4.97. The summed E-state index contributed by atoms with van der Waals surface area (Å²) in [6.45, 7) is 2.39. The van der Waals surface area contributed by atoms with Gasteiger partial charge in [-0.25, -0.2) is 9.97 Å². The van der Waals surface area contributed by atoms with Gasteiger partial charge in [0, 0.05) is 32.3 Å². The van der Waals surface area contributed by atoms with Crippen LogP contribution in [0.15, 0.2) is 12.3 Å². The summed E-state index contributed by atoms with van der Waals surface area (Å²) in [6.07, 6.45) is 5.69. The van der Waals surface area contributed by atoms with Crippen LogP contribution in [-0.4, -0.2) is 30.2 Å². The fourth-order valence-electron chi connectivity index (χ4n) is 1.77. The number of aromatic nitrogens is 2. The highest BCUT2D eigenvalue weighted by Gasteiger charge is 2.21. The molecule has 88 valence electrons. The van der Waals surface area contributed by atoms with Gasteiger partial charge in [-0.2, -0.15) is 0 Å². The van der Waals surface area contributed by atoms with Crippen molar-refractivity contribution < 1.29 is 4.74 Å². The lowest BCUT2D eigenvalue weighted by molar-refractivity contribution is 0.199. The Morgan fingerprint density at radius 1 is 1.50 bits per heavy atom. The first-order valence-electron chi connectivity index (χ1n) is 5.91. The molecule has 0 radical (unpaired) electrons. The molecule has 2 rings (SSSR count). The number of nitrogens with one attached hydrogen (secondary N) is 1. The summed E-state index contributed by atoms with van der Waals surface area (Å²) in [5, 5.41) is 3.29. The lowest BCUT2D eigenvalue weighted by atomic mass is 9.85. The van der Waals surface area contributed by atoms with Gasteiger partial charge in [-0.1, -0.05) is 6.42 Å². The quantitative estimate of drug-likeness (QED) is 0.739. The second-order valence-electron chi connectivity index (χ2n) is 4.20. The van der Waals surface area contributed by atoms with Gasteiger partial charge in [0.05, 0.1) is 12.3 Å². The van der Waals surface area contributed by atoms with Gasteiger partial charge < -0.3 is 10.1 Å². The Kier molecular flexibility index (Phi) is 4.25. The van der Waals surface area contributed by atoms with Crippen molar-refractivity contribution in [2.45, 2.75) is 31.7 Å². The zero-order valence-electron chi connectivity index (χ0n) is 9.78. The zero-order valence-corrected chi connectivity index (χ0v) is 9.78. The number of nitrogens with zero attached hydrogens (tertiary/aromatic N) is 2. The fraction of sp³-hybridized carbons (Fsp3) is 0.667. The average molecular weight is 221 g/mol. The van der Waals surface area contributed by atoms with Gasteiger partial charge in [0.1, 0.15) is 5.82 Å². The first-order chi connectivity index (χ1) is 7.90. The summed E-state index contributed by atoms with van der Waals surface area (Å²) in [5.41, 5.74) is 1.08. The van der Waals surface area contributed by atoms with Crippen LogP contribution in [0.25, 0.3) is 0 Å². The van der Waals surface area contributed by atoms with Crippen LogP contribution in [0.5, 0.6) is 0 Å². The Labute approximate surface area is 96.4 Å². The second-order valence-corrected chi connectivity index (χ2v) is 4.20. The van der Waals surface area contributed by atoms with E-state index in [2.05, 4.69) is 15.3 Å². The topological polar surface area (TPSA) is 47.0 Å². The smallest absolute Gasteiger partial charge is 0.131 e. The van der Waals surface area contributed by atoms with Crippen molar-refractivity contribution in [2.24, 2.45) is 0 Å². The predicted octanol–water partition coefficient (Wildman–Crippen LogP) is 1.48. The van der Waals surface area contributed by atoms with Gasteiger partial charge in [0.15, 0.2) is 0 Å². The number of hydrogen-bond acceptors (Lipinski definition) is 4. The fourth-order valence-corrected chi connectivity index (χ4v) is 1.77. The Balaban J connectivity index is 1.84. The second kappa shape index (κ2) is 5.92. The molecule has 16 heavy (non-hydrogen) atoms. The third-order valence-corrected chi connectivity index (χ3v) is 2.99. The van der Waals surface area contributed by atoms with Gasteiger partial charge in [-0.05, 0) is 18.9 Å². The van der Waals surface area contributed by atoms with Gasteiger partial charge in [0.2, 0.25) is 0 Å². The molecule has 1 fully saturated rings. The van der Waals surface area contributed by atoms with Crippen molar-refractivity contribution in [1.29, 1.82) is 0 Å². The van der Waals surface area contributed by atoms with E-state index in [9.17, 15) is 0 Å². The molecule has 4 nitrogen and oxygen atoms in total. The molecule has 0 unspecified atom stereocenters. The van der Waals surface area contributed by atoms with Gasteiger partial charge >= 0.3 is 0 Å². The molecule has 0 spiro atoms. The summed E-state index contributed by atoms with van der Waals surface area (Å²) in [7, 11) is 1.71. The minimum Gasteiger partial charge on any atom is -0.383 e. The predicted molar refractivity (Wildman–Crippen MR) is 62.2 cm³/mol. The number of ether oxygens (including phenoxy) is 1. The number of rotatable bonds is 6. The largest absolute Gasteiger partial charge is 0.383 e. The summed E-state index contributed by atoms with van der Waals surface area (Å²) in [6, 6.07) is 1.97. The van der Waals surface area contributed by atoms with E-state index in [-0.39, 0.29) is 0 Å². The molecule has 1 saturated carbocycles. The van der Waals surface area contributed by atoms with Crippen LogP contribution in [0.2, 0.25) is 0 Å². The first kappa shape index (κ1) is 11.5. The third kappa shape index (κ3) is 3.00. The lowest BCUT2D eigenvalue weighted by Gasteiger charge is -2.23. The minimum atomic E-state index is 0.610. The molecule has 1 aliphatic carbocycles. The molecule has 0 aliphatic heterocycles. The van der Waals surface area contributed by atoms with Crippen LogP contribution < -0.4 is 5.32 Å². The maximum atomic E-state index is 4.97. The van der Waals surface area contributed by atoms with E-state index in [0.717, 1.165) is 31.2 Å².